The van der Waals surface area contributed by atoms with Crippen molar-refractivity contribution in [1.29, 1.82) is 0 Å². The highest BCUT2D eigenvalue weighted by atomic mass is 15.3. The first-order valence-corrected chi connectivity index (χ1v) is 4.64. The van der Waals surface area contributed by atoms with Crippen LogP contribution in [0.2, 0.25) is 0 Å². The van der Waals surface area contributed by atoms with E-state index in [1.807, 2.05) is 0 Å². The molecule has 0 spiro atoms. The number of hydrogen-bond acceptors (Lipinski definition) is 3. The van der Waals surface area contributed by atoms with Crippen LogP contribution < -0.4 is 16.0 Å². The maximum absolute atomic E-state index is 3.35. The predicted octanol–water partition coefficient (Wildman–Crippen LogP) is 0.883. The van der Waals surface area contributed by atoms with Gasteiger partial charge >= 0.3 is 0 Å². The molecule has 2 rings (SSSR count). The van der Waals surface area contributed by atoms with E-state index in [1.54, 1.807) is 0 Å². The number of aryl methyl sites for hydroxylation is 1. The molecule has 1 saturated heterocycles. The summed E-state index contributed by atoms with van der Waals surface area (Å²) >= 11 is 0. The SMILES string of the molecule is Cc1ccc(NC2NCCN2)cc1. The Kier molecular flexibility index (Phi) is 2.47. The molecule has 13 heavy (non-hydrogen) atoms. The molecule has 3 N–H and O–H groups in total. The molecule has 1 heterocycles. The molecule has 0 aliphatic carbocycles. The molecule has 1 aliphatic rings. The third-order valence-corrected chi connectivity index (χ3v) is 2.18. The molecule has 3 heteroatoms. The van der Waals surface area contributed by atoms with Crippen LogP contribution in [0.1, 0.15) is 5.56 Å². The number of hydrogen-bond donors (Lipinski definition) is 3. The first-order valence-electron chi connectivity index (χ1n) is 4.64. The zero-order chi connectivity index (χ0) is 9.10. The second-order valence-corrected chi connectivity index (χ2v) is 3.35. The monoisotopic (exact) mass is 177 g/mol. The number of benzene rings is 1. The fraction of sp³-hybridized carbons (Fsp3) is 0.400. The molecule has 1 aromatic carbocycles. The highest BCUT2D eigenvalue weighted by molar-refractivity contribution is 5.45. The largest absolute Gasteiger partial charge is 0.358 e. The second kappa shape index (κ2) is 3.77. The van der Waals surface area contributed by atoms with Gasteiger partial charge in [0.15, 0.2) is 0 Å². The lowest BCUT2D eigenvalue weighted by atomic mass is 10.2. The van der Waals surface area contributed by atoms with Gasteiger partial charge in [-0.05, 0) is 19.1 Å². The molecular formula is C10H15N3. The van der Waals surface area contributed by atoms with Crippen LogP contribution in [0.5, 0.6) is 0 Å². The van der Waals surface area contributed by atoms with Gasteiger partial charge in [-0.2, -0.15) is 0 Å². The van der Waals surface area contributed by atoms with Gasteiger partial charge in [0.25, 0.3) is 0 Å². The lowest BCUT2D eigenvalue weighted by Gasteiger charge is -2.14. The Hall–Kier alpha value is -1.06. The molecule has 0 unspecified atom stereocenters. The number of rotatable bonds is 2. The molecule has 1 fully saturated rings. The Labute approximate surface area is 78.5 Å². The Morgan fingerprint density at radius 2 is 1.77 bits per heavy atom. The average molecular weight is 177 g/mol. The van der Waals surface area contributed by atoms with E-state index in [-0.39, 0.29) is 6.29 Å². The second-order valence-electron chi connectivity index (χ2n) is 3.35. The first-order chi connectivity index (χ1) is 6.34. The molecule has 0 radical (unpaired) electrons. The highest BCUT2D eigenvalue weighted by Crippen LogP contribution is 2.09. The van der Waals surface area contributed by atoms with Gasteiger partial charge in [-0.15, -0.1) is 0 Å². The van der Waals surface area contributed by atoms with Crippen LogP contribution in [0, 0.1) is 6.92 Å². The van der Waals surface area contributed by atoms with Crippen LogP contribution in [-0.4, -0.2) is 19.4 Å². The Morgan fingerprint density at radius 3 is 2.38 bits per heavy atom. The first kappa shape index (κ1) is 8.53. The fourth-order valence-corrected chi connectivity index (χ4v) is 1.42. The van der Waals surface area contributed by atoms with E-state index in [4.69, 9.17) is 0 Å². The number of nitrogens with one attached hydrogen (secondary N) is 3. The summed E-state index contributed by atoms with van der Waals surface area (Å²) in [5.74, 6) is 0. The van der Waals surface area contributed by atoms with Gasteiger partial charge in [0, 0.05) is 18.8 Å². The molecule has 0 aromatic heterocycles. The summed E-state index contributed by atoms with van der Waals surface area (Å²) in [6, 6.07) is 8.41. The van der Waals surface area contributed by atoms with Gasteiger partial charge in [0.05, 0.1) is 0 Å². The van der Waals surface area contributed by atoms with Crippen LogP contribution in [0.15, 0.2) is 24.3 Å². The summed E-state index contributed by atoms with van der Waals surface area (Å²) in [5, 5.41) is 9.94. The van der Waals surface area contributed by atoms with E-state index in [0.29, 0.717) is 0 Å². The lowest BCUT2D eigenvalue weighted by molar-refractivity contribution is 0.620. The van der Waals surface area contributed by atoms with Gasteiger partial charge in [0.1, 0.15) is 6.29 Å². The number of anilines is 1. The zero-order valence-corrected chi connectivity index (χ0v) is 7.80. The van der Waals surface area contributed by atoms with Crippen molar-refractivity contribution in [2.45, 2.75) is 13.2 Å². The third kappa shape index (κ3) is 2.20. The van der Waals surface area contributed by atoms with Crippen LogP contribution in [0.25, 0.3) is 0 Å². The summed E-state index contributed by atoms with van der Waals surface area (Å²) in [6.45, 7) is 4.16. The molecule has 0 amide bonds. The summed E-state index contributed by atoms with van der Waals surface area (Å²) in [5.41, 5.74) is 2.44. The third-order valence-electron chi connectivity index (χ3n) is 2.18. The topological polar surface area (TPSA) is 36.1 Å². The van der Waals surface area contributed by atoms with Crippen molar-refractivity contribution in [2.75, 3.05) is 18.4 Å². The van der Waals surface area contributed by atoms with Crippen molar-refractivity contribution < 1.29 is 0 Å². The van der Waals surface area contributed by atoms with Gasteiger partial charge in [-0.1, -0.05) is 17.7 Å². The summed E-state index contributed by atoms with van der Waals surface area (Å²) in [6.07, 6.45) is 0.225. The van der Waals surface area contributed by atoms with Crippen LogP contribution >= 0.6 is 0 Å². The van der Waals surface area contributed by atoms with Crippen molar-refractivity contribution >= 4 is 5.69 Å². The maximum atomic E-state index is 3.35. The molecule has 0 saturated carbocycles. The normalized spacial score (nSPS) is 17.6. The minimum Gasteiger partial charge on any atom is -0.358 e. The Morgan fingerprint density at radius 1 is 1.15 bits per heavy atom. The van der Waals surface area contributed by atoms with Gasteiger partial charge < -0.3 is 5.32 Å². The summed E-state index contributed by atoms with van der Waals surface area (Å²) in [7, 11) is 0. The van der Waals surface area contributed by atoms with Crippen molar-refractivity contribution in [3.63, 3.8) is 0 Å². The minimum absolute atomic E-state index is 0.225. The molecule has 3 nitrogen and oxygen atoms in total. The standard InChI is InChI=1S/C10H15N3/c1-8-2-4-9(5-3-8)13-10-11-6-7-12-10/h2-5,10-13H,6-7H2,1H3. The zero-order valence-electron chi connectivity index (χ0n) is 7.80. The molecule has 0 atom stereocenters. The van der Waals surface area contributed by atoms with Gasteiger partial charge in [-0.3, -0.25) is 10.6 Å². The highest BCUT2D eigenvalue weighted by Gasteiger charge is 2.11. The molecule has 1 aromatic rings. The predicted molar refractivity (Wildman–Crippen MR) is 54.6 cm³/mol. The quantitative estimate of drug-likeness (QED) is 0.627. The lowest BCUT2D eigenvalue weighted by Crippen LogP contribution is -2.38. The smallest absolute Gasteiger partial charge is 0.132 e. The van der Waals surface area contributed by atoms with E-state index in [1.165, 1.54) is 5.56 Å². The van der Waals surface area contributed by atoms with Crippen molar-refractivity contribution in [3.8, 4) is 0 Å². The fourth-order valence-electron chi connectivity index (χ4n) is 1.42. The van der Waals surface area contributed by atoms with Crippen LogP contribution in [-0.2, 0) is 0 Å². The molecule has 70 valence electrons. The van der Waals surface area contributed by atoms with Gasteiger partial charge in [0.2, 0.25) is 0 Å². The summed E-state index contributed by atoms with van der Waals surface area (Å²) < 4.78 is 0. The minimum atomic E-state index is 0.225. The Bertz CT molecular complexity index is 262. The summed E-state index contributed by atoms with van der Waals surface area (Å²) in [4.78, 5) is 0. The van der Waals surface area contributed by atoms with E-state index in [9.17, 15) is 0 Å². The van der Waals surface area contributed by atoms with Crippen molar-refractivity contribution in [2.24, 2.45) is 0 Å². The maximum Gasteiger partial charge on any atom is 0.132 e. The van der Waals surface area contributed by atoms with Crippen molar-refractivity contribution in [3.05, 3.63) is 29.8 Å². The molecule has 0 bridgehead atoms. The van der Waals surface area contributed by atoms with E-state index >= 15 is 0 Å². The average Bonchev–Trinajstić information content (AvgIpc) is 2.62. The van der Waals surface area contributed by atoms with Gasteiger partial charge in [-0.25, -0.2) is 0 Å². The van der Waals surface area contributed by atoms with E-state index < -0.39 is 0 Å². The van der Waals surface area contributed by atoms with E-state index in [0.717, 1.165) is 18.8 Å². The van der Waals surface area contributed by atoms with E-state index in [2.05, 4.69) is 47.1 Å². The van der Waals surface area contributed by atoms with Crippen LogP contribution in [0.3, 0.4) is 0 Å². The van der Waals surface area contributed by atoms with Crippen molar-refractivity contribution in [1.82, 2.24) is 10.6 Å². The molecule has 1 aliphatic heterocycles. The van der Waals surface area contributed by atoms with Crippen LogP contribution in [0.4, 0.5) is 5.69 Å². The Balaban J connectivity index is 1.97. The molecular weight excluding hydrogens is 162 g/mol.